The number of benzene rings is 1. The van der Waals surface area contributed by atoms with Crippen LogP contribution in [-0.2, 0) is 11.3 Å². The number of halogens is 2. The zero-order valence-electron chi connectivity index (χ0n) is 13.1. The van der Waals surface area contributed by atoms with Crippen LogP contribution in [0.15, 0.2) is 46.5 Å². The second-order valence-corrected chi connectivity index (χ2v) is 7.92. The number of hydrogen-bond donors (Lipinski definition) is 1. The maximum absolute atomic E-state index is 11.3. The van der Waals surface area contributed by atoms with Crippen molar-refractivity contribution in [3.63, 3.8) is 0 Å². The van der Waals surface area contributed by atoms with Crippen molar-refractivity contribution < 1.29 is 9.90 Å². The minimum atomic E-state index is -0.771. The van der Waals surface area contributed by atoms with Crippen molar-refractivity contribution in [2.24, 2.45) is 0 Å². The van der Waals surface area contributed by atoms with E-state index < -0.39 is 5.97 Å². The molecule has 0 radical (unpaired) electrons. The molecule has 1 unspecified atom stereocenters. The molecule has 1 aliphatic heterocycles. The molecule has 0 amide bonds. The SMILES string of the molecule is O=C(O)CC1CCn2c1c(Sc1ccc(Cl)c(Cl)c1)c1cnccc12. The number of carbonyl (C=O) groups is 1. The topological polar surface area (TPSA) is 55.1 Å². The van der Waals surface area contributed by atoms with E-state index in [1.165, 1.54) is 0 Å². The highest BCUT2D eigenvalue weighted by atomic mass is 35.5. The molecule has 1 aromatic carbocycles. The van der Waals surface area contributed by atoms with Gasteiger partial charge in [0.25, 0.3) is 0 Å². The molecule has 1 atom stereocenters. The van der Waals surface area contributed by atoms with Crippen LogP contribution in [0.3, 0.4) is 0 Å². The zero-order valence-corrected chi connectivity index (χ0v) is 15.4. The van der Waals surface area contributed by atoms with Gasteiger partial charge in [0.05, 0.1) is 22.0 Å². The van der Waals surface area contributed by atoms with Gasteiger partial charge in [0.15, 0.2) is 0 Å². The Bertz CT molecular complexity index is 987. The lowest BCUT2D eigenvalue weighted by atomic mass is 10.0. The normalized spacial score (nSPS) is 16.3. The lowest BCUT2D eigenvalue weighted by molar-refractivity contribution is -0.137. The van der Waals surface area contributed by atoms with Gasteiger partial charge in [-0.1, -0.05) is 35.0 Å². The van der Waals surface area contributed by atoms with Crippen molar-refractivity contribution in [3.05, 3.63) is 52.4 Å². The summed E-state index contributed by atoms with van der Waals surface area (Å²) in [5, 5.41) is 11.3. The van der Waals surface area contributed by atoms with Crippen molar-refractivity contribution in [2.45, 2.75) is 35.1 Å². The second-order valence-electron chi connectivity index (χ2n) is 6.02. The first-order valence-corrected chi connectivity index (χ1v) is 9.42. The third-order valence-corrected chi connectivity index (χ3v) is 6.34. The van der Waals surface area contributed by atoms with Crippen LogP contribution in [-0.4, -0.2) is 20.6 Å². The number of rotatable bonds is 4. The van der Waals surface area contributed by atoms with E-state index in [0.29, 0.717) is 10.0 Å². The van der Waals surface area contributed by atoms with Crippen molar-refractivity contribution >= 4 is 51.8 Å². The molecule has 0 spiro atoms. The van der Waals surface area contributed by atoms with Gasteiger partial charge in [-0.05, 0) is 30.7 Å². The standard InChI is InChI=1S/C18H14Cl2N2O2S/c19-13-2-1-11(8-14(13)20)25-18-12-9-21-5-3-15(12)22-6-4-10(17(18)22)7-16(23)24/h1-3,5,8-10H,4,6-7H2,(H,23,24). The van der Waals surface area contributed by atoms with E-state index in [0.717, 1.165) is 39.4 Å². The highest BCUT2D eigenvalue weighted by Crippen LogP contribution is 2.46. The molecule has 0 saturated carbocycles. The molecule has 7 heteroatoms. The molecule has 0 fully saturated rings. The third-order valence-electron chi connectivity index (χ3n) is 4.48. The molecule has 4 rings (SSSR count). The van der Waals surface area contributed by atoms with Crippen LogP contribution < -0.4 is 0 Å². The molecule has 0 aliphatic carbocycles. The average Bonchev–Trinajstić information content (AvgIpc) is 3.11. The molecule has 3 aromatic rings. The lowest BCUT2D eigenvalue weighted by Gasteiger charge is -2.10. The Labute approximate surface area is 158 Å². The molecule has 1 N–H and O–H groups in total. The van der Waals surface area contributed by atoms with E-state index in [4.69, 9.17) is 23.2 Å². The van der Waals surface area contributed by atoms with Crippen LogP contribution >= 0.6 is 35.0 Å². The monoisotopic (exact) mass is 392 g/mol. The average molecular weight is 393 g/mol. The van der Waals surface area contributed by atoms with E-state index >= 15 is 0 Å². The number of hydrogen-bond acceptors (Lipinski definition) is 3. The Morgan fingerprint density at radius 3 is 2.92 bits per heavy atom. The van der Waals surface area contributed by atoms with Crippen molar-refractivity contribution in [1.29, 1.82) is 0 Å². The van der Waals surface area contributed by atoms with E-state index in [2.05, 4.69) is 9.55 Å². The van der Waals surface area contributed by atoms with Crippen LogP contribution in [0.4, 0.5) is 0 Å². The number of carboxylic acid groups (broad SMARTS) is 1. The Morgan fingerprint density at radius 2 is 2.16 bits per heavy atom. The lowest BCUT2D eigenvalue weighted by Crippen LogP contribution is -2.04. The summed E-state index contributed by atoms with van der Waals surface area (Å²) < 4.78 is 2.23. The molecule has 128 valence electrons. The maximum atomic E-state index is 11.3. The molecule has 3 heterocycles. The summed E-state index contributed by atoms with van der Waals surface area (Å²) in [5.74, 6) is -0.762. The quantitative estimate of drug-likeness (QED) is 0.640. The first-order valence-electron chi connectivity index (χ1n) is 7.85. The predicted octanol–water partition coefficient (Wildman–Crippen LogP) is 5.46. The third kappa shape index (κ3) is 3.01. The van der Waals surface area contributed by atoms with Gasteiger partial charge in [-0.15, -0.1) is 0 Å². The Hall–Kier alpha value is -1.69. The zero-order chi connectivity index (χ0) is 17.6. The first-order chi connectivity index (χ1) is 12.0. The number of aromatic nitrogens is 2. The van der Waals surface area contributed by atoms with Gasteiger partial charge in [0.1, 0.15) is 0 Å². The van der Waals surface area contributed by atoms with Gasteiger partial charge in [0.2, 0.25) is 0 Å². The molecule has 0 bridgehead atoms. The van der Waals surface area contributed by atoms with Gasteiger partial charge in [0, 0.05) is 45.7 Å². The summed E-state index contributed by atoms with van der Waals surface area (Å²) in [4.78, 5) is 17.6. The molecule has 2 aromatic heterocycles. The summed E-state index contributed by atoms with van der Waals surface area (Å²) in [6.07, 6.45) is 4.60. The molecule has 1 aliphatic rings. The summed E-state index contributed by atoms with van der Waals surface area (Å²) >= 11 is 13.7. The summed E-state index contributed by atoms with van der Waals surface area (Å²) in [6.45, 7) is 0.829. The van der Waals surface area contributed by atoms with Gasteiger partial charge < -0.3 is 9.67 Å². The number of pyridine rings is 1. The van der Waals surface area contributed by atoms with E-state index in [9.17, 15) is 9.90 Å². The van der Waals surface area contributed by atoms with Crippen LogP contribution in [0.25, 0.3) is 10.9 Å². The molecular formula is C18H14Cl2N2O2S. The fourth-order valence-electron chi connectivity index (χ4n) is 3.43. The minimum absolute atomic E-state index is 0.00942. The minimum Gasteiger partial charge on any atom is -0.481 e. The smallest absolute Gasteiger partial charge is 0.304 e. The Kier molecular flexibility index (Phi) is 4.40. The maximum Gasteiger partial charge on any atom is 0.304 e. The predicted molar refractivity (Wildman–Crippen MR) is 99.9 cm³/mol. The Balaban J connectivity index is 1.84. The number of nitrogens with zero attached hydrogens (tertiary/aromatic N) is 2. The van der Waals surface area contributed by atoms with Gasteiger partial charge in [-0.2, -0.15) is 0 Å². The molecule has 25 heavy (non-hydrogen) atoms. The van der Waals surface area contributed by atoms with Crippen LogP contribution in [0.1, 0.15) is 24.5 Å². The van der Waals surface area contributed by atoms with E-state index in [1.54, 1.807) is 24.0 Å². The van der Waals surface area contributed by atoms with E-state index in [1.807, 2.05) is 24.4 Å². The highest BCUT2D eigenvalue weighted by Gasteiger charge is 2.31. The van der Waals surface area contributed by atoms with Gasteiger partial charge in [-0.25, -0.2) is 0 Å². The number of carboxylic acids is 1. The molecule has 4 nitrogen and oxygen atoms in total. The summed E-state index contributed by atoms with van der Waals surface area (Å²) in [5.41, 5.74) is 2.18. The fourth-order valence-corrected chi connectivity index (χ4v) is 4.99. The van der Waals surface area contributed by atoms with Crippen molar-refractivity contribution in [1.82, 2.24) is 9.55 Å². The number of aliphatic carboxylic acids is 1. The number of aryl methyl sites for hydroxylation is 1. The van der Waals surface area contributed by atoms with Crippen LogP contribution in [0.2, 0.25) is 10.0 Å². The second kappa shape index (κ2) is 6.56. The van der Waals surface area contributed by atoms with Crippen LogP contribution in [0, 0.1) is 0 Å². The van der Waals surface area contributed by atoms with Crippen LogP contribution in [0.5, 0.6) is 0 Å². The molecular weight excluding hydrogens is 379 g/mol. The van der Waals surface area contributed by atoms with E-state index in [-0.39, 0.29) is 12.3 Å². The first kappa shape index (κ1) is 16.8. The fraction of sp³-hybridized carbons (Fsp3) is 0.222. The Morgan fingerprint density at radius 1 is 1.32 bits per heavy atom. The highest BCUT2D eigenvalue weighted by molar-refractivity contribution is 7.99. The number of fused-ring (bicyclic) bond motifs is 3. The van der Waals surface area contributed by atoms with Gasteiger partial charge in [-0.3, -0.25) is 9.78 Å². The summed E-state index contributed by atoms with van der Waals surface area (Å²) in [7, 11) is 0. The van der Waals surface area contributed by atoms with Gasteiger partial charge >= 0.3 is 5.97 Å². The summed E-state index contributed by atoms with van der Waals surface area (Å²) in [6, 6.07) is 7.52. The molecule has 0 saturated heterocycles. The van der Waals surface area contributed by atoms with Crippen molar-refractivity contribution in [3.8, 4) is 0 Å². The van der Waals surface area contributed by atoms with Crippen molar-refractivity contribution in [2.75, 3.05) is 0 Å². The largest absolute Gasteiger partial charge is 0.481 e.